The number of nitrogens with zero attached hydrogens (tertiary/aromatic N) is 4. The van der Waals surface area contributed by atoms with E-state index in [0.717, 1.165) is 88.7 Å². The van der Waals surface area contributed by atoms with E-state index in [-0.39, 0.29) is 0 Å². The predicted octanol–water partition coefficient (Wildman–Crippen LogP) is 16.9. The second-order valence-corrected chi connectivity index (χ2v) is 16.7. The quantitative estimate of drug-likeness (QED) is 0.143. The normalized spacial score (nSPS) is 11.3. The molecule has 0 aromatic heterocycles. The van der Waals surface area contributed by atoms with Crippen LogP contribution in [-0.4, -0.2) is 0 Å². The van der Waals surface area contributed by atoms with Crippen molar-refractivity contribution in [1.29, 1.82) is 10.5 Å². The molecule has 4 nitrogen and oxygen atoms in total. The van der Waals surface area contributed by atoms with Gasteiger partial charge in [0.05, 0.1) is 33.9 Å². The molecule has 66 heavy (non-hydrogen) atoms. The molecule has 0 saturated carbocycles. The van der Waals surface area contributed by atoms with Crippen molar-refractivity contribution < 1.29 is 0 Å². The minimum absolute atomic E-state index is 0.586. The summed E-state index contributed by atoms with van der Waals surface area (Å²) in [6.07, 6.45) is 0. The van der Waals surface area contributed by atoms with Crippen LogP contribution in [0.5, 0.6) is 0 Å². The van der Waals surface area contributed by atoms with E-state index in [1.165, 1.54) is 21.5 Å². The second kappa shape index (κ2) is 15.8. The zero-order valence-corrected chi connectivity index (χ0v) is 35.7. The first kappa shape index (κ1) is 38.5. The monoisotopic (exact) mass is 838 g/mol. The lowest BCUT2D eigenvalue weighted by Crippen LogP contribution is -2.13. The number of nitriles is 2. The largest absolute Gasteiger partial charge is 0.309 e. The maximum absolute atomic E-state index is 10.5. The first-order valence-electron chi connectivity index (χ1n) is 22.1. The van der Waals surface area contributed by atoms with Crippen LogP contribution < -0.4 is 9.80 Å². The van der Waals surface area contributed by atoms with Crippen molar-refractivity contribution in [3.63, 3.8) is 0 Å². The van der Waals surface area contributed by atoms with Gasteiger partial charge in [-0.3, -0.25) is 0 Å². The molecule has 0 heterocycles. The zero-order valence-electron chi connectivity index (χ0n) is 35.7. The van der Waals surface area contributed by atoms with Crippen molar-refractivity contribution in [3.8, 4) is 34.4 Å². The van der Waals surface area contributed by atoms with Gasteiger partial charge in [0.25, 0.3) is 0 Å². The second-order valence-electron chi connectivity index (χ2n) is 16.7. The fourth-order valence-corrected chi connectivity index (χ4v) is 9.85. The van der Waals surface area contributed by atoms with Crippen LogP contribution in [0.2, 0.25) is 0 Å². The average molecular weight is 839 g/mol. The van der Waals surface area contributed by atoms with Crippen molar-refractivity contribution >= 4 is 88.0 Å². The Morgan fingerprint density at radius 3 is 1.05 bits per heavy atom. The topological polar surface area (TPSA) is 54.1 Å². The van der Waals surface area contributed by atoms with Gasteiger partial charge in [-0.15, -0.1) is 0 Å². The number of rotatable bonds is 8. The maximum atomic E-state index is 10.5. The van der Waals surface area contributed by atoms with Gasteiger partial charge in [0.2, 0.25) is 0 Å². The van der Waals surface area contributed by atoms with Crippen LogP contribution in [0.4, 0.5) is 34.1 Å². The molecule has 0 saturated heterocycles. The highest BCUT2D eigenvalue weighted by Gasteiger charge is 2.24. The highest BCUT2D eigenvalue weighted by molar-refractivity contribution is 6.28. The molecule has 12 aromatic rings. The smallest absolute Gasteiger partial charge is 0.101 e. The van der Waals surface area contributed by atoms with Crippen LogP contribution in [0.25, 0.3) is 76.1 Å². The van der Waals surface area contributed by atoms with E-state index in [4.69, 9.17) is 0 Å². The molecule has 0 fully saturated rings. The number of para-hydroxylation sites is 2. The number of fused-ring (bicyclic) bond motifs is 2. The summed E-state index contributed by atoms with van der Waals surface area (Å²) in [5.74, 6) is 0. The third-order valence-electron chi connectivity index (χ3n) is 13.0. The van der Waals surface area contributed by atoms with Crippen molar-refractivity contribution in [1.82, 2.24) is 0 Å². The van der Waals surface area contributed by atoms with Gasteiger partial charge >= 0.3 is 0 Å². The third-order valence-corrected chi connectivity index (χ3v) is 13.0. The molecule has 0 aliphatic heterocycles. The van der Waals surface area contributed by atoms with Crippen LogP contribution in [0, 0.1) is 22.7 Å². The molecule has 0 bridgehead atoms. The van der Waals surface area contributed by atoms with E-state index in [0.29, 0.717) is 11.1 Å². The van der Waals surface area contributed by atoms with E-state index >= 15 is 0 Å². The van der Waals surface area contributed by atoms with Crippen LogP contribution in [-0.2, 0) is 0 Å². The van der Waals surface area contributed by atoms with Gasteiger partial charge in [-0.05, 0) is 138 Å². The van der Waals surface area contributed by atoms with Crippen molar-refractivity contribution in [2.75, 3.05) is 9.80 Å². The molecule has 0 N–H and O–H groups in total. The minimum Gasteiger partial charge on any atom is -0.309 e. The molecule has 12 rings (SSSR count). The zero-order chi connectivity index (χ0) is 44.1. The van der Waals surface area contributed by atoms with E-state index in [1.807, 2.05) is 48.5 Å². The van der Waals surface area contributed by atoms with Gasteiger partial charge in [0, 0.05) is 22.1 Å². The Labute approximate surface area is 382 Å². The van der Waals surface area contributed by atoms with Crippen LogP contribution in [0.15, 0.2) is 231 Å². The van der Waals surface area contributed by atoms with Crippen LogP contribution in [0.1, 0.15) is 11.1 Å². The third kappa shape index (κ3) is 6.45. The SMILES string of the molecule is N#Cc1ccccc1N(c1ccc(-c2ccc3ccccc3c2)cc1)c1ccc2ccc3c(N(c4ccc(-c5ccc6ccccc6c5)cc4)c4ccccc4C#N)ccc4ccc1c2c43. The van der Waals surface area contributed by atoms with Crippen molar-refractivity contribution in [3.05, 3.63) is 242 Å². The summed E-state index contributed by atoms with van der Waals surface area (Å²) in [5, 5.41) is 32.5. The molecule has 12 aromatic carbocycles. The lowest BCUT2D eigenvalue weighted by molar-refractivity contribution is 1.28. The summed E-state index contributed by atoms with van der Waals surface area (Å²) in [4.78, 5) is 4.45. The molecular formula is C62H38N4. The Bertz CT molecular complexity index is 3650. The fourth-order valence-electron chi connectivity index (χ4n) is 9.85. The molecular weight excluding hydrogens is 801 g/mol. The van der Waals surface area contributed by atoms with Crippen LogP contribution in [0.3, 0.4) is 0 Å². The summed E-state index contributed by atoms with van der Waals surface area (Å²) in [7, 11) is 0. The summed E-state index contributed by atoms with van der Waals surface area (Å²) in [6.45, 7) is 0. The lowest BCUT2D eigenvalue weighted by Gasteiger charge is -2.30. The van der Waals surface area contributed by atoms with Gasteiger partial charge in [-0.25, -0.2) is 0 Å². The summed E-state index contributed by atoms with van der Waals surface area (Å²) in [5.41, 5.74) is 11.2. The Hall–Kier alpha value is -9.22. The van der Waals surface area contributed by atoms with Crippen molar-refractivity contribution in [2.45, 2.75) is 0 Å². The molecule has 0 aliphatic carbocycles. The highest BCUT2D eigenvalue weighted by Crippen LogP contribution is 2.48. The Kier molecular flexibility index (Phi) is 9.23. The summed E-state index contributed by atoms with van der Waals surface area (Å²) >= 11 is 0. The molecule has 0 radical (unpaired) electrons. The Morgan fingerprint density at radius 1 is 0.273 bits per heavy atom. The summed E-state index contributed by atoms with van der Waals surface area (Å²) in [6, 6.07) is 85.6. The van der Waals surface area contributed by atoms with Gasteiger partial charge in [0.15, 0.2) is 0 Å². The van der Waals surface area contributed by atoms with Gasteiger partial charge in [-0.1, -0.05) is 158 Å². The lowest BCUT2D eigenvalue weighted by atomic mass is 9.91. The molecule has 0 spiro atoms. The summed E-state index contributed by atoms with van der Waals surface area (Å²) < 4.78 is 0. The maximum Gasteiger partial charge on any atom is 0.101 e. The standard InChI is InChI=1S/C62H38N4/c63-39-51-13-5-7-15-57(51)65(53-29-21-43(22-30-53)49-19-17-41-9-1-3-11-47(41)37-49)59-35-27-45-26-34-56-60(36-28-46-25-33-55(59)61(45)62(46)56)66(58-16-8-6-14-52(58)40-64)54-31-23-44(24-32-54)50-20-18-42-10-2-4-12-48(42)38-50/h1-38H. The first-order chi connectivity index (χ1) is 32.6. The van der Waals surface area contributed by atoms with Crippen LogP contribution >= 0.6 is 0 Å². The van der Waals surface area contributed by atoms with Gasteiger partial charge in [0.1, 0.15) is 12.1 Å². The Balaban J connectivity index is 1.02. The number of hydrogen-bond acceptors (Lipinski definition) is 4. The van der Waals surface area contributed by atoms with E-state index in [9.17, 15) is 10.5 Å². The fraction of sp³-hybridized carbons (Fsp3) is 0. The van der Waals surface area contributed by atoms with Crippen molar-refractivity contribution in [2.24, 2.45) is 0 Å². The first-order valence-corrected chi connectivity index (χ1v) is 22.1. The average Bonchev–Trinajstić information content (AvgIpc) is 3.39. The molecule has 306 valence electrons. The highest BCUT2D eigenvalue weighted by atomic mass is 15.2. The number of anilines is 6. The number of hydrogen-bond donors (Lipinski definition) is 0. The minimum atomic E-state index is 0.586. The molecule has 0 aliphatic rings. The molecule has 0 amide bonds. The molecule has 0 atom stereocenters. The van der Waals surface area contributed by atoms with E-state index in [1.54, 1.807) is 0 Å². The van der Waals surface area contributed by atoms with Gasteiger partial charge in [-0.2, -0.15) is 10.5 Å². The van der Waals surface area contributed by atoms with Gasteiger partial charge < -0.3 is 9.80 Å². The number of benzene rings is 12. The van der Waals surface area contributed by atoms with E-state index in [2.05, 4.69) is 204 Å². The molecule has 4 heteroatoms. The molecule has 0 unspecified atom stereocenters. The predicted molar refractivity (Wildman–Crippen MR) is 275 cm³/mol. The Morgan fingerprint density at radius 2 is 0.621 bits per heavy atom. The van der Waals surface area contributed by atoms with E-state index < -0.39 is 0 Å².